The van der Waals surface area contributed by atoms with Crippen molar-refractivity contribution in [3.05, 3.63) is 35.4 Å². The Morgan fingerprint density at radius 2 is 1.83 bits per heavy atom. The van der Waals surface area contributed by atoms with Crippen molar-refractivity contribution in [3.8, 4) is 0 Å². The molecule has 1 aromatic rings. The zero-order valence-electron chi connectivity index (χ0n) is 13.3. The first-order chi connectivity index (χ1) is 11.0. The second-order valence-electron chi connectivity index (χ2n) is 7.63. The highest BCUT2D eigenvalue weighted by Crippen LogP contribution is 2.44. The number of rotatable bonds is 2. The van der Waals surface area contributed by atoms with Crippen LogP contribution in [0, 0.1) is 17.0 Å². The van der Waals surface area contributed by atoms with Gasteiger partial charge in [-0.25, -0.2) is 8.78 Å². The van der Waals surface area contributed by atoms with Gasteiger partial charge in [0.2, 0.25) is 0 Å². The van der Waals surface area contributed by atoms with Gasteiger partial charge in [0.1, 0.15) is 11.5 Å². The Labute approximate surface area is 139 Å². The molecule has 23 heavy (non-hydrogen) atoms. The number of hydrogen-bond donors (Lipinski definition) is 0. The zero-order valence-corrected chi connectivity index (χ0v) is 14.1. The van der Waals surface area contributed by atoms with E-state index in [4.69, 9.17) is 0 Å². The molecule has 0 radical (unpaired) electrons. The molecule has 2 saturated heterocycles. The van der Waals surface area contributed by atoms with E-state index in [2.05, 4.69) is 4.90 Å². The van der Waals surface area contributed by atoms with Gasteiger partial charge in [0.15, 0.2) is 11.6 Å². The molecule has 4 rings (SSSR count). The molecule has 0 N–H and O–H groups in total. The fraction of sp³-hybridized carbons (Fsp3) is 0.667. The van der Waals surface area contributed by atoms with E-state index in [1.54, 1.807) is 6.07 Å². The van der Waals surface area contributed by atoms with Crippen LogP contribution in [0.5, 0.6) is 0 Å². The smallest absolute Gasteiger partial charge is 0.159 e. The van der Waals surface area contributed by atoms with Crippen molar-refractivity contribution in [2.24, 2.45) is 5.41 Å². The summed E-state index contributed by atoms with van der Waals surface area (Å²) in [7, 11) is 0. The molecule has 3 fully saturated rings. The van der Waals surface area contributed by atoms with Gasteiger partial charge >= 0.3 is 0 Å². The second kappa shape index (κ2) is 6.01. The van der Waals surface area contributed by atoms with Crippen LogP contribution in [0.25, 0.3) is 0 Å². The first kappa shape index (κ1) is 15.9. The van der Waals surface area contributed by atoms with E-state index < -0.39 is 22.8 Å². The van der Waals surface area contributed by atoms with Gasteiger partial charge in [0.05, 0.1) is 5.41 Å². The number of halogens is 2. The molecule has 1 aliphatic carbocycles. The van der Waals surface area contributed by atoms with E-state index in [0.29, 0.717) is 17.4 Å². The van der Waals surface area contributed by atoms with E-state index in [9.17, 15) is 13.3 Å². The molecule has 0 bridgehead atoms. The minimum atomic E-state index is -0.761. The lowest BCUT2D eigenvalue weighted by atomic mass is 9.81. The lowest BCUT2D eigenvalue weighted by Crippen LogP contribution is -2.51. The predicted octanol–water partition coefficient (Wildman–Crippen LogP) is 3.45. The molecular formula is C18H23F2NOS. The van der Waals surface area contributed by atoms with Gasteiger partial charge in [-0.15, -0.1) is 0 Å². The summed E-state index contributed by atoms with van der Waals surface area (Å²) >= 11 is -0.569. The fourth-order valence-corrected chi connectivity index (χ4v) is 6.45. The summed E-state index contributed by atoms with van der Waals surface area (Å²) in [5.74, 6) is 0.655. The maximum absolute atomic E-state index is 13.4. The first-order valence-corrected chi connectivity index (χ1v) is 10.1. The summed E-state index contributed by atoms with van der Waals surface area (Å²) in [4.78, 5) is 2.60. The number of benzene rings is 1. The van der Waals surface area contributed by atoms with Crippen LogP contribution in [0.15, 0.2) is 18.2 Å². The first-order valence-electron chi connectivity index (χ1n) is 8.59. The third kappa shape index (κ3) is 3.03. The molecule has 2 nitrogen and oxygen atoms in total. The molecule has 1 aromatic carbocycles. The summed E-state index contributed by atoms with van der Waals surface area (Å²) in [5.41, 5.74) is 1.29. The van der Waals surface area contributed by atoms with Gasteiger partial charge in [-0.3, -0.25) is 4.90 Å². The quantitative estimate of drug-likeness (QED) is 0.772. The maximum atomic E-state index is 13.4. The lowest BCUT2D eigenvalue weighted by Gasteiger charge is -2.40. The van der Waals surface area contributed by atoms with E-state index in [1.807, 2.05) is 0 Å². The topological polar surface area (TPSA) is 26.3 Å². The minimum Gasteiger partial charge on any atom is -0.616 e. The Bertz CT molecular complexity index is 582. The number of likely N-dealkylation sites (tertiary alicyclic amines) is 1. The van der Waals surface area contributed by atoms with Crippen LogP contribution < -0.4 is 0 Å². The Balaban J connectivity index is 1.33. The fourth-order valence-electron chi connectivity index (χ4n) is 4.70. The maximum Gasteiger partial charge on any atom is 0.159 e. The number of hydrogen-bond acceptors (Lipinski definition) is 2. The average molecular weight is 339 g/mol. The van der Waals surface area contributed by atoms with Gasteiger partial charge in [-0.2, -0.15) is 0 Å². The normalized spacial score (nSPS) is 38.0. The van der Waals surface area contributed by atoms with Crippen molar-refractivity contribution in [3.63, 3.8) is 0 Å². The van der Waals surface area contributed by atoms with E-state index in [0.717, 1.165) is 55.8 Å². The monoisotopic (exact) mass is 339 g/mol. The third-order valence-electron chi connectivity index (χ3n) is 6.03. The van der Waals surface area contributed by atoms with Crippen molar-refractivity contribution in [1.29, 1.82) is 0 Å². The SMILES string of the molecule is [O-][S+]1CC2(CCN(C3CCC(c4ccc(F)c(F)c4)CC3)C2)C1. The van der Waals surface area contributed by atoms with Crippen molar-refractivity contribution in [2.45, 2.75) is 44.1 Å². The van der Waals surface area contributed by atoms with Crippen LogP contribution in [-0.4, -0.2) is 40.1 Å². The molecule has 126 valence electrons. The molecule has 0 aromatic heterocycles. The lowest BCUT2D eigenvalue weighted by molar-refractivity contribution is 0.164. The van der Waals surface area contributed by atoms with Gasteiger partial charge in [-0.05, 0) is 62.3 Å². The highest BCUT2D eigenvalue weighted by atomic mass is 32.2. The van der Waals surface area contributed by atoms with Crippen LogP contribution in [0.2, 0.25) is 0 Å². The molecule has 5 heteroatoms. The van der Waals surface area contributed by atoms with Crippen molar-refractivity contribution >= 4 is 11.2 Å². The largest absolute Gasteiger partial charge is 0.616 e. The van der Waals surface area contributed by atoms with Crippen molar-refractivity contribution in [1.82, 2.24) is 4.90 Å². The summed E-state index contributed by atoms with van der Waals surface area (Å²) in [6, 6.07) is 4.97. The van der Waals surface area contributed by atoms with Crippen LogP contribution >= 0.6 is 0 Å². The standard InChI is InChI=1S/C18H23F2NOS/c19-16-6-3-14(9-17(16)20)13-1-4-15(5-2-13)21-8-7-18(10-21)11-23(22)12-18/h3,6,9,13,15H,1-2,4-5,7-8,10-12H2. The number of nitrogens with zero attached hydrogens (tertiary/aromatic N) is 1. The molecule has 3 aliphatic rings. The molecule has 0 amide bonds. The van der Waals surface area contributed by atoms with Crippen LogP contribution in [-0.2, 0) is 11.2 Å². The van der Waals surface area contributed by atoms with Gasteiger partial charge in [0.25, 0.3) is 0 Å². The third-order valence-corrected chi connectivity index (χ3v) is 7.90. The molecule has 2 aliphatic heterocycles. The Morgan fingerprint density at radius 1 is 1.09 bits per heavy atom. The zero-order chi connectivity index (χ0) is 16.0. The van der Waals surface area contributed by atoms with E-state index in [-0.39, 0.29) is 0 Å². The molecule has 1 spiro atoms. The molecule has 1 saturated carbocycles. The second-order valence-corrected chi connectivity index (χ2v) is 9.08. The van der Waals surface area contributed by atoms with Crippen LogP contribution in [0.1, 0.15) is 43.6 Å². The predicted molar refractivity (Wildman–Crippen MR) is 87.9 cm³/mol. The van der Waals surface area contributed by atoms with Gasteiger partial charge in [-0.1, -0.05) is 17.2 Å². The average Bonchev–Trinajstić information content (AvgIpc) is 2.95. The highest BCUT2D eigenvalue weighted by Gasteiger charge is 2.53. The van der Waals surface area contributed by atoms with Crippen LogP contribution in [0.3, 0.4) is 0 Å². The Kier molecular flexibility index (Phi) is 4.14. The molecular weight excluding hydrogens is 316 g/mol. The van der Waals surface area contributed by atoms with Crippen molar-refractivity contribution < 1.29 is 13.3 Å². The van der Waals surface area contributed by atoms with Crippen LogP contribution in [0.4, 0.5) is 8.78 Å². The summed E-state index contributed by atoms with van der Waals surface area (Å²) in [6.45, 7) is 2.25. The van der Waals surface area contributed by atoms with E-state index in [1.165, 1.54) is 18.6 Å². The Hall–Kier alpha value is -0.650. The summed E-state index contributed by atoms with van der Waals surface area (Å²) in [5, 5.41) is 0. The minimum absolute atomic E-state index is 0.349. The van der Waals surface area contributed by atoms with Gasteiger partial charge < -0.3 is 4.55 Å². The highest BCUT2D eigenvalue weighted by molar-refractivity contribution is 7.92. The summed E-state index contributed by atoms with van der Waals surface area (Å²) in [6.07, 6.45) is 5.55. The molecule has 0 unspecified atom stereocenters. The molecule has 2 heterocycles. The summed E-state index contributed by atoms with van der Waals surface area (Å²) < 4.78 is 37.9. The molecule has 0 atom stereocenters. The van der Waals surface area contributed by atoms with Gasteiger partial charge in [0, 0.05) is 12.6 Å². The Morgan fingerprint density at radius 3 is 2.48 bits per heavy atom. The van der Waals surface area contributed by atoms with E-state index >= 15 is 0 Å². The van der Waals surface area contributed by atoms with Crippen molar-refractivity contribution in [2.75, 3.05) is 24.6 Å².